The molecule has 1 aromatic rings. The van der Waals surface area contributed by atoms with Gasteiger partial charge in [0.1, 0.15) is 0 Å². The van der Waals surface area contributed by atoms with Crippen molar-refractivity contribution in [2.75, 3.05) is 20.1 Å². The lowest BCUT2D eigenvalue weighted by molar-refractivity contribution is 0.468. The number of hydrogen-bond acceptors (Lipinski definition) is 2. The molecule has 1 rings (SSSR count). The average Bonchev–Trinajstić information content (AvgIpc) is 2.39. The molecule has 5 heteroatoms. The van der Waals surface area contributed by atoms with Crippen molar-refractivity contribution >= 4 is 10.2 Å². The van der Waals surface area contributed by atoms with Gasteiger partial charge < -0.3 is 0 Å². The summed E-state index contributed by atoms with van der Waals surface area (Å²) in [6, 6.07) is 9.98. The second kappa shape index (κ2) is 6.87. The van der Waals surface area contributed by atoms with Crippen molar-refractivity contribution in [2.45, 2.75) is 26.2 Å². The van der Waals surface area contributed by atoms with Gasteiger partial charge >= 0.3 is 0 Å². The first-order chi connectivity index (χ1) is 8.51. The Morgan fingerprint density at radius 2 is 1.83 bits per heavy atom. The van der Waals surface area contributed by atoms with E-state index in [0.29, 0.717) is 13.1 Å². The zero-order valence-electron chi connectivity index (χ0n) is 11.3. The Hall–Kier alpha value is -0.910. The van der Waals surface area contributed by atoms with Gasteiger partial charge in [-0.15, -0.1) is 0 Å². The quantitative estimate of drug-likeness (QED) is 0.823. The van der Waals surface area contributed by atoms with Crippen molar-refractivity contribution in [3.63, 3.8) is 0 Å². The average molecular weight is 270 g/mol. The fraction of sp³-hybridized carbons (Fsp3) is 0.538. The number of nitrogens with one attached hydrogen (secondary N) is 1. The highest BCUT2D eigenvalue weighted by atomic mass is 32.2. The standard InChI is InChI=1S/C13H22N2O2S/c1-4-12(13-9-7-6-8-10-13)11-14-18(16,17)15(3)5-2/h6-10,12,14H,4-5,11H2,1-3H3. The smallest absolute Gasteiger partial charge is 0.202 e. The van der Waals surface area contributed by atoms with Gasteiger partial charge in [0.05, 0.1) is 0 Å². The topological polar surface area (TPSA) is 49.4 Å². The Morgan fingerprint density at radius 3 is 2.33 bits per heavy atom. The van der Waals surface area contributed by atoms with Crippen LogP contribution >= 0.6 is 0 Å². The van der Waals surface area contributed by atoms with Crippen LogP contribution in [0.2, 0.25) is 0 Å². The van der Waals surface area contributed by atoms with Crippen molar-refractivity contribution in [1.82, 2.24) is 9.03 Å². The summed E-state index contributed by atoms with van der Waals surface area (Å²) >= 11 is 0. The van der Waals surface area contributed by atoms with Crippen LogP contribution in [-0.2, 0) is 10.2 Å². The molecule has 0 radical (unpaired) electrons. The molecule has 1 aromatic carbocycles. The predicted octanol–water partition coefficient (Wildman–Crippen LogP) is 1.97. The van der Waals surface area contributed by atoms with Crippen LogP contribution in [0.5, 0.6) is 0 Å². The van der Waals surface area contributed by atoms with Crippen molar-refractivity contribution in [3.8, 4) is 0 Å². The van der Waals surface area contributed by atoms with Crippen LogP contribution in [0.25, 0.3) is 0 Å². The van der Waals surface area contributed by atoms with Crippen LogP contribution in [0, 0.1) is 0 Å². The first kappa shape index (κ1) is 15.1. The highest BCUT2D eigenvalue weighted by Gasteiger charge is 2.18. The molecular formula is C13H22N2O2S. The fourth-order valence-electron chi connectivity index (χ4n) is 1.71. The third-order valence-corrected chi connectivity index (χ3v) is 4.74. The Morgan fingerprint density at radius 1 is 1.22 bits per heavy atom. The molecule has 0 bridgehead atoms. The Labute approximate surface area is 110 Å². The molecule has 0 heterocycles. The lowest BCUT2D eigenvalue weighted by Crippen LogP contribution is -2.39. The van der Waals surface area contributed by atoms with Crippen LogP contribution in [0.4, 0.5) is 0 Å². The Bertz CT molecular complexity index is 445. The van der Waals surface area contributed by atoms with Crippen LogP contribution in [0.15, 0.2) is 30.3 Å². The first-order valence-electron chi connectivity index (χ1n) is 6.27. The molecule has 102 valence electrons. The van der Waals surface area contributed by atoms with Crippen molar-refractivity contribution in [2.24, 2.45) is 0 Å². The SMILES string of the molecule is CCC(CNS(=O)(=O)N(C)CC)c1ccccc1. The van der Waals surface area contributed by atoms with Crippen molar-refractivity contribution < 1.29 is 8.42 Å². The van der Waals surface area contributed by atoms with Gasteiger partial charge in [0.2, 0.25) is 0 Å². The van der Waals surface area contributed by atoms with Gasteiger partial charge in [-0.1, -0.05) is 44.2 Å². The lowest BCUT2D eigenvalue weighted by atomic mass is 9.97. The van der Waals surface area contributed by atoms with E-state index < -0.39 is 10.2 Å². The highest BCUT2D eigenvalue weighted by Crippen LogP contribution is 2.18. The highest BCUT2D eigenvalue weighted by molar-refractivity contribution is 7.87. The summed E-state index contributed by atoms with van der Waals surface area (Å²) in [4.78, 5) is 0. The van der Waals surface area contributed by atoms with Gasteiger partial charge in [0.25, 0.3) is 10.2 Å². The number of rotatable bonds is 7. The summed E-state index contributed by atoms with van der Waals surface area (Å²) in [5, 5.41) is 0. The molecule has 0 spiro atoms. The maximum Gasteiger partial charge on any atom is 0.279 e. The molecule has 0 aliphatic carbocycles. The molecule has 0 fully saturated rings. The molecule has 18 heavy (non-hydrogen) atoms. The zero-order valence-corrected chi connectivity index (χ0v) is 12.1. The normalized spacial score (nSPS) is 13.8. The summed E-state index contributed by atoms with van der Waals surface area (Å²) in [5.41, 5.74) is 1.17. The molecule has 0 aliphatic rings. The summed E-state index contributed by atoms with van der Waals surface area (Å²) in [6.07, 6.45) is 0.905. The van der Waals surface area contributed by atoms with Crippen molar-refractivity contribution in [3.05, 3.63) is 35.9 Å². The van der Waals surface area contributed by atoms with Gasteiger partial charge in [-0.2, -0.15) is 12.7 Å². The Kier molecular flexibility index (Phi) is 5.78. The van der Waals surface area contributed by atoms with Gasteiger partial charge in [-0.3, -0.25) is 0 Å². The second-order valence-corrected chi connectivity index (χ2v) is 6.15. The van der Waals surface area contributed by atoms with Gasteiger partial charge in [0, 0.05) is 20.1 Å². The lowest BCUT2D eigenvalue weighted by Gasteiger charge is -2.20. The summed E-state index contributed by atoms with van der Waals surface area (Å²) in [6.45, 7) is 4.79. The summed E-state index contributed by atoms with van der Waals surface area (Å²) < 4.78 is 27.6. The van der Waals surface area contributed by atoms with Crippen LogP contribution in [0.3, 0.4) is 0 Å². The number of benzene rings is 1. The molecular weight excluding hydrogens is 248 g/mol. The predicted molar refractivity (Wildman–Crippen MR) is 74.7 cm³/mol. The molecule has 1 N–H and O–H groups in total. The van der Waals surface area contributed by atoms with E-state index in [1.165, 1.54) is 9.87 Å². The first-order valence-corrected chi connectivity index (χ1v) is 7.71. The number of hydrogen-bond donors (Lipinski definition) is 1. The second-order valence-electron chi connectivity index (χ2n) is 4.28. The van der Waals surface area contributed by atoms with Gasteiger partial charge in [-0.25, -0.2) is 4.72 Å². The van der Waals surface area contributed by atoms with E-state index in [1.54, 1.807) is 7.05 Å². The summed E-state index contributed by atoms with van der Waals surface area (Å²) in [5.74, 6) is 0.214. The minimum Gasteiger partial charge on any atom is -0.202 e. The van der Waals surface area contributed by atoms with E-state index in [9.17, 15) is 8.42 Å². The van der Waals surface area contributed by atoms with Gasteiger partial charge in [-0.05, 0) is 17.9 Å². The third-order valence-electron chi connectivity index (χ3n) is 3.13. The monoisotopic (exact) mass is 270 g/mol. The molecule has 0 saturated carbocycles. The van der Waals surface area contributed by atoms with Crippen LogP contribution in [0.1, 0.15) is 31.7 Å². The minimum absolute atomic E-state index is 0.214. The van der Waals surface area contributed by atoms with E-state index in [-0.39, 0.29) is 5.92 Å². The van der Waals surface area contributed by atoms with E-state index in [1.807, 2.05) is 37.3 Å². The maximum atomic E-state index is 11.8. The third kappa shape index (κ3) is 4.08. The Balaban J connectivity index is 2.67. The molecule has 0 saturated heterocycles. The maximum absolute atomic E-state index is 11.8. The van der Waals surface area contributed by atoms with E-state index in [2.05, 4.69) is 11.6 Å². The molecule has 0 aromatic heterocycles. The molecule has 4 nitrogen and oxygen atoms in total. The van der Waals surface area contributed by atoms with Crippen molar-refractivity contribution in [1.29, 1.82) is 0 Å². The minimum atomic E-state index is -3.34. The van der Waals surface area contributed by atoms with Crippen LogP contribution < -0.4 is 4.72 Å². The molecule has 0 aliphatic heterocycles. The molecule has 0 amide bonds. The van der Waals surface area contributed by atoms with E-state index in [0.717, 1.165) is 6.42 Å². The fourth-order valence-corrected chi connectivity index (χ4v) is 2.68. The summed E-state index contributed by atoms with van der Waals surface area (Å²) in [7, 11) is -1.76. The van der Waals surface area contributed by atoms with E-state index >= 15 is 0 Å². The van der Waals surface area contributed by atoms with Gasteiger partial charge in [0.15, 0.2) is 0 Å². The zero-order chi connectivity index (χ0) is 13.6. The molecule has 1 atom stereocenters. The molecule has 1 unspecified atom stereocenters. The largest absolute Gasteiger partial charge is 0.279 e. The number of nitrogens with zero attached hydrogens (tertiary/aromatic N) is 1. The van der Waals surface area contributed by atoms with E-state index in [4.69, 9.17) is 0 Å². The van der Waals surface area contributed by atoms with Crippen LogP contribution in [-0.4, -0.2) is 32.9 Å².